The van der Waals surface area contributed by atoms with Gasteiger partial charge in [0.1, 0.15) is 31.1 Å². The smallest absolute Gasteiger partial charge is 0.159 e. The fourth-order valence-electron chi connectivity index (χ4n) is 4.25. The number of rotatable bonds is 9. The molecule has 6 nitrogen and oxygen atoms in total. The SMILES string of the molecule is Clc1ccc(C(OC2CCCC(COc3ccc(-c4ccccc4)cc3)O2)C(Cl)n2cncn2)cc1. The van der Waals surface area contributed by atoms with E-state index in [-0.39, 0.29) is 6.10 Å². The molecule has 5 rings (SSSR count). The third kappa shape index (κ3) is 6.26. The average Bonchev–Trinajstić information content (AvgIpc) is 3.47. The molecule has 0 aliphatic carbocycles. The molecule has 0 spiro atoms. The first kappa shape index (κ1) is 24.8. The molecule has 0 radical (unpaired) electrons. The van der Waals surface area contributed by atoms with Gasteiger partial charge in [-0.3, -0.25) is 0 Å². The fraction of sp³-hybridized carbons (Fsp3) is 0.286. The molecular weight excluding hydrogens is 497 g/mol. The van der Waals surface area contributed by atoms with E-state index in [4.69, 9.17) is 37.4 Å². The highest BCUT2D eigenvalue weighted by molar-refractivity contribution is 6.30. The second-order valence-electron chi connectivity index (χ2n) is 8.68. The number of alkyl halides is 1. The molecule has 1 aromatic heterocycles. The van der Waals surface area contributed by atoms with Crippen molar-refractivity contribution in [1.29, 1.82) is 0 Å². The van der Waals surface area contributed by atoms with Crippen LogP contribution in [0.4, 0.5) is 0 Å². The average molecular weight is 524 g/mol. The molecule has 186 valence electrons. The van der Waals surface area contributed by atoms with Crippen molar-refractivity contribution in [2.75, 3.05) is 6.61 Å². The van der Waals surface area contributed by atoms with Crippen molar-refractivity contribution < 1.29 is 14.2 Å². The van der Waals surface area contributed by atoms with E-state index in [1.54, 1.807) is 11.0 Å². The molecule has 36 heavy (non-hydrogen) atoms. The topological polar surface area (TPSA) is 58.4 Å². The van der Waals surface area contributed by atoms with Crippen molar-refractivity contribution in [3.63, 3.8) is 0 Å². The van der Waals surface area contributed by atoms with Crippen LogP contribution in [0.3, 0.4) is 0 Å². The summed E-state index contributed by atoms with van der Waals surface area (Å²) >= 11 is 12.9. The molecule has 4 unspecified atom stereocenters. The van der Waals surface area contributed by atoms with Crippen LogP contribution in [0.15, 0.2) is 91.5 Å². The molecule has 0 N–H and O–H groups in total. The minimum atomic E-state index is -0.600. The van der Waals surface area contributed by atoms with Gasteiger partial charge in [-0.05, 0) is 60.2 Å². The van der Waals surface area contributed by atoms with Gasteiger partial charge < -0.3 is 14.2 Å². The first-order chi connectivity index (χ1) is 17.7. The second kappa shape index (κ2) is 11.9. The van der Waals surface area contributed by atoms with Crippen LogP contribution < -0.4 is 4.74 Å². The Bertz CT molecular complexity index is 1210. The van der Waals surface area contributed by atoms with Crippen LogP contribution >= 0.6 is 23.2 Å². The van der Waals surface area contributed by atoms with Gasteiger partial charge in [0.25, 0.3) is 0 Å². The first-order valence-corrected chi connectivity index (χ1v) is 12.8. The predicted molar refractivity (Wildman–Crippen MR) is 140 cm³/mol. The first-order valence-electron chi connectivity index (χ1n) is 12.0. The van der Waals surface area contributed by atoms with Crippen molar-refractivity contribution in [3.05, 3.63) is 102 Å². The number of benzene rings is 3. The maximum absolute atomic E-state index is 6.76. The van der Waals surface area contributed by atoms with E-state index < -0.39 is 17.9 Å². The Morgan fingerprint density at radius 3 is 2.42 bits per heavy atom. The van der Waals surface area contributed by atoms with E-state index in [0.29, 0.717) is 11.6 Å². The number of ether oxygens (including phenoxy) is 3. The minimum Gasteiger partial charge on any atom is -0.491 e. The predicted octanol–water partition coefficient (Wildman–Crippen LogP) is 7.07. The van der Waals surface area contributed by atoms with Gasteiger partial charge >= 0.3 is 0 Å². The molecule has 3 aromatic carbocycles. The number of aromatic nitrogens is 3. The molecule has 8 heteroatoms. The number of halogens is 2. The summed E-state index contributed by atoms with van der Waals surface area (Å²) in [5.41, 5.74) is 2.62. The normalized spacial score (nSPS) is 19.5. The Labute approximate surface area is 220 Å². The van der Waals surface area contributed by atoms with E-state index >= 15 is 0 Å². The minimum absolute atomic E-state index is 0.0800. The maximum Gasteiger partial charge on any atom is 0.159 e. The van der Waals surface area contributed by atoms with Gasteiger partial charge in [-0.15, -0.1) is 0 Å². The van der Waals surface area contributed by atoms with Gasteiger partial charge in [0.15, 0.2) is 11.8 Å². The molecule has 0 saturated carbocycles. The Hall–Kier alpha value is -2.90. The van der Waals surface area contributed by atoms with Crippen molar-refractivity contribution in [2.45, 2.75) is 43.3 Å². The molecule has 4 aromatic rings. The summed E-state index contributed by atoms with van der Waals surface area (Å²) < 4.78 is 20.3. The number of hydrogen-bond acceptors (Lipinski definition) is 5. The molecule has 4 atom stereocenters. The van der Waals surface area contributed by atoms with Crippen molar-refractivity contribution in [3.8, 4) is 16.9 Å². The fourth-order valence-corrected chi connectivity index (χ4v) is 4.68. The molecule has 0 bridgehead atoms. The van der Waals surface area contributed by atoms with E-state index in [1.165, 1.54) is 11.9 Å². The van der Waals surface area contributed by atoms with Crippen molar-refractivity contribution in [1.82, 2.24) is 14.8 Å². The zero-order valence-corrected chi connectivity index (χ0v) is 21.1. The third-order valence-electron chi connectivity index (χ3n) is 6.14. The quantitative estimate of drug-likeness (QED) is 0.219. The zero-order valence-electron chi connectivity index (χ0n) is 19.6. The van der Waals surface area contributed by atoms with Gasteiger partial charge in [-0.2, -0.15) is 5.10 Å². The van der Waals surface area contributed by atoms with Crippen molar-refractivity contribution >= 4 is 23.2 Å². The summed E-state index contributed by atoms with van der Waals surface area (Å²) in [6.07, 6.45) is 4.67. The summed E-state index contributed by atoms with van der Waals surface area (Å²) in [7, 11) is 0. The maximum atomic E-state index is 6.76. The third-order valence-corrected chi connectivity index (χ3v) is 6.82. The Balaban J connectivity index is 1.20. The van der Waals surface area contributed by atoms with E-state index in [1.807, 2.05) is 54.6 Å². The van der Waals surface area contributed by atoms with Crippen molar-refractivity contribution in [2.24, 2.45) is 0 Å². The summed E-state index contributed by atoms with van der Waals surface area (Å²) in [6, 6.07) is 25.8. The Morgan fingerprint density at radius 2 is 1.69 bits per heavy atom. The largest absolute Gasteiger partial charge is 0.491 e. The van der Waals surface area contributed by atoms with Gasteiger partial charge in [-0.1, -0.05) is 77.8 Å². The van der Waals surface area contributed by atoms with Gasteiger partial charge in [0.2, 0.25) is 0 Å². The molecule has 1 saturated heterocycles. The van der Waals surface area contributed by atoms with Crippen LogP contribution in [0.5, 0.6) is 5.75 Å². The lowest BCUT2D eigenvalue weighted by molar-refractivity contribution is -0.224. The van der Waals surface area contributed by atoms with E-state index in [2.05, 4.69) is 34.3 Å². The van der Waals surface area contributed by atoms with Crippen LogP contribution in [-0.2, 0) is 9.47 Å². The molecule has 0 amide bonds. The highest BCUT2D eigenvalue weighted by atomic mass is 35.5. The molecular formula is C28H27Cl2N3O3. The van der Waals surface area contributed by atoms with E-state index in [0.717, 1.165) is 36.1 Å². The summed E-state index contributed by atoms with van der Waals surface area (Å²) in [5, 5.41) is 4.83. The summed E-state index contributed by atoms with van der Waals surface area (Å²) in [6.45, 7) is 0.448. The standard InChI is InChI=1S/C28H27Cl2N3O3/c29-23-13-9-22(10-14-23)27(28(30)33-19-31-18-32-33)36-26-8-4-7-25(35-26)17-34-24-15-11-21(12-16-24)20-5-2-1-3-6-20/h1-3,5-6,9-16,18-19,25-28H,4,7-8,17H2. The van der Waals surface area contributed by atoms with Crippen LogP contribution in [0.1, 0.15) is 36.4 Å². The second-order valence-corrected chi connectivity index (χ2v) is 9.56. The lowest BCUT2D eigenvalue weighted by Gasteiger charge is -2.34. The Morgan fingerprint density at radius 1 is 0.944 bits per heavy atom. The number of hydrogen-bond donors (Lipinski definition) is 0. The van der Waals surface area contributed by atoms with Crippen LogP contribution in [-0.4, -0.2) is 33.8 Å². The summed E-state index contributed by atoms with van der Waals surface area (Å²) in [5.74, 6) is 0.812. The van der Waals surface area contributed by atoms with Gasteiger partial charge in [-0.25, -0.2) is 9.67 Å². The lowest BCUT2D eigenvalue weighted by atomic mass is 10.1. The lowest BCUT2D eigenvalue weighted by Crippen LogP contribution is -2.35. The van der Waals surface area contributed by atoms with E-state index in [9.17, 15) is 0 Å². The molecule has 1 aliphatic rings. The molecule has 2 heterocycles. The summed E-state index contributed by atoms with van der Waals surface area (Å²) in [4.78, 5) is 4.01. The van der Waals surface area contributed by atoms with Gasteiger partial charge in [0.05, 0.1) is 6.10 Å². The number of nitrogens with zero attached hydrogens (tertiary/aromatic N) is 3. The zero-order chi connectivity index (χ0) is 24.7. The van der Waals surface area contributed by atoms with Crippen LogP contribution in [0.25, 0.3) is 11.1 Å². The van der Waals surface area contributed by atoms with Crippen LogP contribution in [0, 0.1) is 0 Å². The Kier molecular flexibility index (Phi) is 8.18. The van der Waals surface area contributed by atoms with Gasteiger partial charge in [0, 0.05) is 5.02 Å². The molecule has 1 fully saturated rings. The monoisotopic (exact) mass is 523 g/mol. The highest BCUT2D eigenvalue weighted by Crippen LogP contribution is 2.36. The highest BCUT2D eigenvalue weighted by Gasteiger charge is 2.31. The van der Waals surface area contributed by atoms with Crippen LogP contribution in [0.2, 0.25) is 5.02 Å². The molecule has 1 aliphatic heterocycles.